The monoisotopic (exact) mass is 751 g/mol. The molecular formula is C43H33N3O10. The molecule has 0 saturated carbocycles. The third kappa shape index (κ3) is 7.33. The molecule has 2 heterocycles. The predicted octanol–water partition coefficient (Wildman–Crippen LogP) is 5.74. The molecule has 13 nitrogen and oxygen atoms in total. The molecule has 4 N–H and O–H groups in total. The minimum absolute atomic E-state index is 0.0420. The summed E-state index contributed by atoms with van der Waals surface area (Å²) in [5, 5.41) is 27.7. The van der Waals surface area contributed by atoms with Crippen LogP contribution in [0, 0.1) is 0 Å². The first-order chi connectivity index (χ1) is 26.9. The van der Waals surface area contributed by atoms with E-state index in [1.807, 2.05) is 31.1 Å². The molecule has 2 aliphatic rings. The molecule has 280 valence electrons. The predicted molar refractivity (Wildman–Crippen MR) is 209 cm³/mol. The summed E-state index contributed by atoms with van der Waals surface area (Å²) in [5.41, 5.74) is 3.24. The maximum absolute atomic E-state index is 13.3. The average molecular weight is 752 g/mol. The summed E-state index contributed by atoms with van der Waals surface area (Å²) in [7, 11) is 3.74. The molecule has 7 rings (SSSR count). The van der Waals surface area contributed by atoms with Crippen LogP contribution in [0.15, 0.2) is 115 Å². The normalized spacial score (nSPS) is 11.1. The quantitative estimate of drug-likeness (QED) is 0.0715. The molecular weight excluding hydrogens is 718 g/mol. The molecule has 56 heavy (non-hydrogen) atoms. The topological polar surface area (TPSA) is 196 Å². The first kappa shape index (κ1) is 36.8. The second-order valence-electron chi connectivity index (χ2n) is 13.3. The number of carbonyl (C=O) groups is 4. The Labute approximate surface area is 317 Å². The van der Waals surface area contributed by atoms with Crippen molar-refractivity contribution in [1.29, 1.82) is 0 Å². The van der Waals surface area contributed by atoms with E-state index >= 15 is 0 Å². The van der Waals surface area contributed by atoms with Crippen molar-refractivity contribution in [3.63, 3.8) is 0 Å². The number of carboxylic acid groups (broad SMARTS) is 1. The first-order valence-electron chi connectivity index (χ1n) is 17.3. The van der Waals surface area contributed by atoms with Crippen LogP contribution < -0.4 is 26.6 Å². The number of aromatic carboxylic acids is 1. The minimum Gasteiger partial charge on any atom is -0.507 e. The van der Waals surface area contributed by atoms with Gasteiger partial charge in [-0.25, -0.2) is 9.59 Å². The van der Waals surface area contributed by atoms with Crippen molar-refractivity contribution in [3.8, 4) is 28.2 Å². The van der Waals surface area contributed by atoms with E-state index in [0.717, 1.165) is 5.69 Å². The Bertz CT molecular complexity index is 2800. The van der Waals surface area contributed by atoms with E-state index in [1.165, 1.54) is 48.5 Å². The molecule has 0 bridgehead atoms. The molecule has 4 aromatic carbocycles. The van der Waals surface area contributed by atoms with Crippen molar-refractivity contribution in [2.24, 2.45) is 0 Å². The van der Waals surface area contributed by atoms with Crippen LogP contribution in [-0.2, 0) is 24.3 Å². The number of hydrogen-bond donors (Lipinski definition) is 4. The number of aromatic hydroxyl groups is 1. The van der Waals surface area contributed by atoms with Crippen LogP contribution >= 0.6 is 0 Å². The van der Waals surface area contributed by atoms with Crippen LogP contribution in [0.4, 0.5) is 5.69 Å². The number of aldehydes is 1. The molecule has 0 radical (unpaired) electrons. The fourth-order valence-corrected chi connectivity index (χ4v) is 6.59. The van der Waals surface area contributed by atoms with Gasteiger partial charge < -0.3 is 34.6 Å². The number of carbonyl (C=O) groups excluding carboxylic acids is 3. The number of phenols is 1. The van der Waals surface area contributed by atoms with Crippen LogP contribution in [-0.4, -0.2) is 48.4 Å². The van der Waals surface area contributed by atoms with Crippen LogP contribution in [0.1, 0.15) is 47.8 Å². The zero-order valence-electron chi connectivity index (χ0n) is 30.0. The van der Waals surface area contributed by atoms with E-state index in [4.69, 9.17) is 8.83 Å². The van der Waals surface area contributed by atoms with Crippen molar-refractivity contribution >= 4 is 51.7 Å². The first-order valence-corrected chi connectivity index (χ1v) is 17.3. The van der Waals surface area contributed by atoms with Crippen molar-refractivity contribution in [2.45, 2.75) is 19.5 Å². The van der Waals surface area contributed by atoms with E-state index in [2.05, 4.69) is 10.6 Å². The summed E-state index contributed by atoms with van der Waals surface area (Å²) in [6, 6.07) is 24.6. The zero-order chi connectivity index (χ0) is 39.7. The molecule has 0 saturated heterocycles. The molecule has 5 aromatic rings. The van der Waals surface area contributed by atoms with E-state index < -0.39 is 17.5 Å². The summed E-state index contributed by atoms with van der Waals surface area (Å²) in [4.78, 5) is 76.5. The number of anilines is 1. The number of carboxylic acids is 1. The standard InChI is InChI=1S/C43H33N3O10/c1-46(2)27-8-11-29-26(17-39(51)55-36(29)18-27)16-38(50)44-20-23-3-6-25(7-4-23)42(52)45-21-34-35(49)14-13-32-40(30-10-5-24(22-47)15-33(30)43(53)54)31-12-9-28(48)19-37(31)56-41(32)34/h3-15,17-19,22,49H,16,20-21H2,1-2H3,(H,44,50)(H,45,52)(H,53,54). The Morgan fingerprint density at radius 2 is 1.54 bits per heavy atom. The lowest BCUT2D eigenvalue weighted by atomic mass is 9.89. The second kappa shape index (κ2) is 15.1. The number of benzene rings is 5. The van der Waals surface area contributed by atoms with Gasteiger partial charge >= 0.3 is 11.6 Å². The van der Waals surface area contributed by atoms with Gasteiger partial charge in [-0.15, -0.1) is 0 Å². The highest BCUT2D eigenvalue weighted by Crippen LogP contribution is 2.43. The molecule has 1 aromatic heterocycles. The maximum atomic E-state index is 13.3. The molecule has 0 unspecified atom stereocenters. The van der Waals surface area contributed by atoms with Gasteiger partial charge in [-0.3, -0.25) is 19.2 Å². The maximum Gasteiger partial charge on any atom is 0.336 e. The summed E-state index contributed by atoms with van der Waals surface area (Å²) >= 11 is 0. The lowest BCUT2D eigenvalue weighted by Gasteiger charge is -2.19. The molecule has 0 spiro atoms. The van der Waals surface area contributed by atoms with Gasteiger partial charge in [0.15, 0.2) is 5.43 Å². The Balaban J connectivity index is 1.09. The Morgan fingerprint density at radius 3 is 2.27 bits per heavy atom. The van der Waals surface area contributed by atoms with E-state index in [-0.39, 0.29) is 70.2 Å². The molecule has 0 atom stereocenters. The summed E-state index contributed by atoms with van der Waals surface area (Å²) in [6.07, 6.45) is 0.499. The van der Waals surface area contributed by atoms with Gasteiger partial charge in [0.1, 0.15) is 29.0 Å². The highest BCUT2D eigenvalue weighted by Gasteiger charge is 2.24. The number of amides is 2. The van der Waals surface area contributed by atoms with Gasteiger partial charge in [0.2, 0.25) is 5.91 Å². The summed E-state index contributed by atoms with van der Waals surface area (Å²) < 4.78 is 11.5. The Hall–Kier alpha value is -7.54. The SMILES string of the molecule is CN(C)c1ccc2c(CC(=O)NCc3ccc(C(=O)NCc4c(O)ccc5c(-c6ccc(C=O)cc6C(=O)O)c6ccc(=O)cc-6oc45)cc3)cc(=O)oc2c1. The van der Waals surface area contributed by atoms with E-state index in [0.29, 0.717) is 50.5 Å². The van der Waals surface area contributed by atoms with Crippen molar-refractivity contribution in [2.75, 3.05) is 19.0 Å². The molecule has 13 heteroatoms. The second-order valence-corrected chi connectivity index (χ2v) is 13.3. The number of nitrogens with zero attached hydrogens (tertiary/aromatic N) is 1. The number of hydrogen-bond acceptors (Lipinski definition) is 10. The van der Waals surface area contributed by atoms with Gasteiger partial charge in [0.05, 0.1) is 24.1 Å². The zero-order valence-corrected chi connectivity index (χ0v) is 30.0. The third-order valence-electron chi connectivity index (χ3n) is 9.43. The Kier molecular flexibility index (Phi) is 9.90. The Morgan fingerprint density at radius 1 is 0.786 bits per heavy atom. The van der Waals surface area contributed by atoms with Gasteiger partial charge in [-0.1, -0.05) is 24.3 Å². The lowest BCUT2D eigenvalue weighted by Crippen LogP contribution is -2.25. The number of phenolic OH excluding ortho intramolecular Hbond substituents is 1. The molecule has 1 aliphatic carbocycles. The molecule has 2 amide bonds. The fourth-order valence-electron chi connectivity index (χ4n) is 6.59. The minimum atomic E-state index is -1.28. The van der Waals surface area contributed by atoms with Crippen molar-refractivity contribution < 1.29 is 38.2 Å². The van der Waals surface area contributed by atoms with Gasteiger partial charge in [0.25, 0.3) is 5.91 Å². The number of fused-ring (bicyclic) bond motifs is 3. The lowest BCUT2D eigenvalue weighted by molar-refractivity contribution is -0.120. The van der Waals surface area contributed by atoms with Crippen LogP contribution in [0.3, 0.4) is 0 Å². The summed E-state index contributed by atoms with van der Waals surface area (Å²) in [5.74, 6) is -2.16. The van der Waals surface area contributed by atoms with E-state index in [9.17, 15) is 39.0 Å². The smallest absolute Gasteiger partial charge is 0.336 e. The van der Waals surface area contributed by atoms with Crippen LogP contribution in [0.5, 0.6) is 5.75 Å². The van der Waals surface area contributed by atoms with Crippen molar-refractivity contribution in [3.05, 3.63) is 151 Å². The van der Waals surface area contributed by atoms with Crippen LogP contribution in [0.2, 0.25) is 0 Å². The van der Waals surface area contributed by atoms with Gasteiger partial charge in [0, 0.05) is 77.6 Å². The van der Waals surface area contributed by atoms with Gasteiger partial charge in [-0.05, 0) is 71.3 Å². The highest BCUT2D eigenvalue weighted by molar-refractivity contribution is 6.09. The van der Waals surface area contributed by atoms with Gasteiger partial charge in [-0.2, -0.15) is 0 Å². The third-order valence-corrected chi connectivity index (χ3v) is 9.43. The van der Waals surface area contributed by atoms with Crippen LogP contribution in [0.25, 0.3) is 44.4 Å². The van der Waals surface area contributed by atoms with E-state index in [1.54, 1.807) is 36.4 Å². The highest BCUT2D eigenvalue weighted by atomic mass is 16.4. The largest absolute Gasteiger partial charge is 0.507 e. The summed E-state index contributed by atoms with van der Waals surface area (Å²) in [6.45, 7) is -0.0384. The van der Waals surface area contributed by atoms with Crippen molar-refractivity contribution in [1.82, 2.24) is 10.6 Å². The fraction of sp³-hybridized carbons (Fsp3) is 0.116. The molecule has 0 fully saturated rings. The molecule has 1 aliphatic heterocycles. The number of rotatable bonds is 11. The number of nitrogens with one attached hydrogen (secondary N) is 2. The average Bonchev–Trinajstić information content (AvgIpc) is 3.18.